The van der Waals surface area contributed by atoms with Gasteiger partial charge in [-0.05, 0) is 34.6 Å². The number of thiazole rings is 1. The highest BCUT2D eigenvalue weighted by Gasteiger charge is 2.42. The van der Waals surface area contributed by atoms with Crippen LogP contribution in [0.2, 0.25) is 19.6 Å². The highest BCUT2D eigenvalue weighted by Crippen LogP contribution is 2.20. The fourth-order valence-corrected chi connectivity index (χ4v) is 4.70. The predicted molar refractivity (Wildman–Crippen MR) is 148 cm³/mol. The van der Waals surface area contributed by atoms with Crippen LogP contribution in [0.5, 0.6) is 0 Å². The Morgan fingerprint density at radius 1 is 1.23 bits per heavy atom. The van der Waals surface area contributed by atoms with Gasteiger partial charge in [0, 0.05) is 11.6 Å². The minimum Gasteiger partial charge on any atom is -0.478 e. The summed E-state index contributed by atoms with van der Waals surface area (Å²) in [4.78, 5) is 58.6. The first kappa shape index (κ1) is 30.7. The molecule has 2 aromatic rings. The van der Waals surface area contributed by atoms with E-state index in [1.807, 2.05) is 6.20 Å². The van der Waals surface area contributed by atoms with Gasteiger partial charge in [-0.1, -0.05) is 30.0 Å². The van der Waals surface area contributed by atoms with Crippen molar-refractivity contribution in [3.05, 3.63) is 17.3 Å². The number of carboxylic acid groups (broad SMARTS) is 1. The molecule has 218 valence electrons. The summed E-state index contributed by atoms with van der Waals surface area (Å²) in [5, 5.41) is 31.8. The molecule has 3 heterocycles. The molecule has 1 fully saturated rings. The summed E-state index contributed by atoms with van der Waals surface area (Å²) in [5.74, 6) is -2.56. The lowest BCUT2D eigenvalue weighted by Gasteiger charge is -2.36. The van der Waals surface area contributed by atoms with Crippen LogP contribution in [0.25, 0.3) is 0 Å². The Kier molecular flexibility index (Phi) is 8.68. The van der Waals surface area contributed by atoms with E-state index in [4.69, 9.17) is 9.57 Å². The quantitative estimate of drug-likeness (QED) is 0.133. The monoisotopic (exact) mass is 594 g/mol. The molecule has 0 spiro atoms. The highest BCUT2D eigenvalue weighted by atomic mass is 32.1. The van der Waals surface area contributed by atoms with E-state index < -0.39 is 55.2 Å². The summed E-state index contributed by atoms with van der Waals surface area (Å²) >= 11 is 0.985. The molecule has 40 heavy (non-hydrogen) atoms. The molecule has 1 aliphatic rings. The number of amides is 3. The molecule has 3 amide bonds. The number of β-lactam (4-membered cyclic amide) rings is 1. The van der Waals surface area contributed by atoms with E-state index in [0.717, 1.165) is 16.7 Å². The molecular weight excluding hydrogens is 560 g/mol. The third-order valence-corrected chi connectivity index (χ3v) is 7.96. The van der Waals surface area contributed by atoms with Crippen LogP contribution in [-0.2, 0) is 30.5 Å². The molecule has 0 unspecified atom stereocenters. The third-order valence-electron chi connectivity index (χ3n) is 5.44. The van der Waals surface area contributed by atoms with Crippen molar-refractivity contribution in [3.63, 3.8) is 0 Å². The number of hydrogen-bond donors (Lipinski definition) is 4. The Hall–Kier alpha value is -3.86. The number of aromatic nitrogens is 4. The number of anilines is 1. The third kappa shape index (κ3) is 7.84. The Bertz CT molecular complexity index is 1320. The van der Waals surface area contributed by atoms with Gasteiger partial charge in [0.25, 0.3) is 5.91 Å². The first-order chi connectivity index (χ1) is 18.4. The lowest BCUT2D eigenvalue weighted by molar-refractivity contribution is -0.161. The zero-order valence-corrected chi connectivity index (χ0v) is 25.4. The smallest absolute Gasteiger partial charge is 0.413 e. The van der Waals surface area contributed by atoms with Crippen molar-refractivity contribution < 1.29 is 33.9 Å². The van der Waals surface area contributed by atoms with Crippen molar-refractivity contribution in [2.45, 2.75) is 84.1 Å². The van der Waals surface area contributed by atoms with Gasteiger partial charge in [0.05, 0.1) is 17.9 Å². The number of ether oxygens (including phenoxy) is 1. The number of rotatable bonds is 10. The van der Waals surface area contributed by atoms with Gasteiger partial charge in [-0.2, -0.15) is 0 Å². The fraction of sp³-hybridized carbons (Fsp3) is 0.565. The number of carbonyl (C=O) groups is 4. The van der Waals surface area contributed by atoms with E-state index >= 15 is 0 Å². The van der Waals surface area contributed by atoms with Crippen LogP contribution in [0.1, 0.15) is 40.3 Å². The summed E-state index contributed by atoms with van der Waals surface area (Å²) < 4.78 is 6.82. The van der Waals surface area contributed by atoms with E-state index in [0.29, 0.717) is 0 Å². The summed E-state index contributed by atoms with van der Waals surface area (Å²) in [6, 6.07) is -1.41. The van der Waals surface area contributed by atoms with Crippen molar-refractivity contribution in [3.8, 4) is 0 Å². The topological polar surface area (TPSA) is 199 Å². The molecule has 1 aliphatic heterocycles. The molecular formula is C23H34N8O7SSi. The van der Waals surface area contributed by atoms with Crippen molar-refractivity contribution in [1.82, 2.24) is 30.6 Å². The highest BCUT2D eigenvalue weighted by molar-refractivity contribution is 7.14. The maximum absolute atomic E-state index is 13.3. The van der Waals surface area contributed by atoms with Crippen LogP contribution < -0.4 is 21.3 Å². The Morgan fingerprint density at radius 3 is 2.45 bits per heavy atom. The predicted octanol–water partition coefficient (Wildman–Crippen LogP) is 0.894. The Balaban J connectivity index is 1.79. The van der Waals surface area contributed by atoms with Gasteiger partial charge < -0.3 is 25.3 Å². The largest absolute Gasteiger partial charge is 0.478 e. The number of aliphatic carboxylic acids is 1. The van der Waals surface area contributed by atoms with Gasteiger partial charge in [-0.25, -0.2) is 14.6 Å². The summed E-state index contributed by atoms with van der Waals surface area (Å²) in [6.45, 7) is 14.3. The normalized spacial score (nSPS) is 17.9. The Labute approximate surface area is 235 Å². The van der Waals surface area contributed by atoms with E-state index in [1.165, 1.54) is 19.2 Å². The molecule has 17 heteroatoms. The number of nitrogens with one attached hydrogen (secondary N) is 3. The van der Waals surface area contributed by atoms with Crippen molar-refractivity contribution in [2.24, 2.45) is 5.16 Å². The van der Waals surface area contributed by atoms with E-state index in [-0.39, 0.29) is 23.1 Å². The van der Waals surface area contributed by atoms with Crippen molar-refractivity contribution in [2.75, 3.05) is 5.32 Å². The molecule has 0 radical (unpaired) electrons. The van der Waals surface area contributed by atoms with E-state index in [2.05, 4.69) is 56.0 Å². The van der Waals surface area contributed by atoms with Crippen LogP contribution in [0.4, 0.5) is 9.93 Å². The lowest BCUT2D eigenvalue weighted by atomic mass is 9.98. The molecule has 2 aromatic heterocycles. The summed E-state index contributed by atoms with van der Waals surface area (Å²) in [6.07, 6.45) is 1.08. The van der Waals surface area contributed by atoms with Crippen molar-refractivity contribution >= 4 is 59.4 Å². The second kappa shape index (κ2) is 11.3. The number of carboxylic acids is 1. The minimum atomic E-state index is -1.77. The van der Waals surface area contributed by atoms with Crippen LogP contribution in [-0.4, -0.2) is 86.0 Å². The van der Waals surface area contributed by atoms with Crippen molar-refractivity contribution in [1.29, 1.82) is 0 Å². The summed E-state index contributed by atoms with van der Waals surface area (Å²) in [7, 11) is -1.68. The Morgan fingerprint density at radius 2 is 1.90 bits per heavy atom. The van der Waals surface area contributed by atoms with Crippen LogP contribution in [0, 0.1) is 0 Å². The average Bonchev–Trinajstić information content (AvgIpc) is 3.46. The zero-order chi connectivity index (χ0) is 30.0. The fourth-order valence-electron chi connectivity index (χ4n) is 3.14. The first-order valence-corrected chi connectivity index (χ1v) is 16.7. The maximum Gasteiger partial charge on any atom is 0.413 e. The van der Waals surface area contributed by atoms with Gasteiger partial charge in [-0.15, -0.1) is 16.4 Å². The average molecular weight is 595 g/mol. The minimum absolute atomic E-state index is 0.0120. The molecule has 4 N–H and O–H groups in total. The van der Waals surface area contributed by atoms with E-state index in [9.17, 15) is 24.3 Å². The van der Waals surface area contributed by atoms with Gasteiger partial charge in [0.2, 0.25) is 11.5 Å². The van der Waals surface area contributed by atoms with Crippen LogP contribution in [0.15, 0.2) is 16.7 Å². The lowest BCUT2D eigenvalue weighted by Crippen LogP contribution is -2.70. The van der Waals surface area contributed by atoms with Gasteiger partial charge in [-0.3, -0.25) is 19.6 Å². The van der Waals surface area contributed by atoms with Gasteiger partial charge >= 0.3 is 12.1 Å². The first-order valence-electron chi connectivity index (χ1n) is 12.3. The van der Waals surface area contributed by atoms with Crippen LogP contribution in [0.3, 0.4) is 0 Å². The van der Waals surface area contributed by atoms with Gasteiger partial charge in [0.15, 0.2) is 10.8 Å². The molecule has 0 aliphatic carbocycles. The van der Waals surface area contributed by atoms with Gasteiger partial charge in [0.1, 0.15) is 25.4 Å². The number of hydrogen-bond acceptors (Lipinski definition) is 11. The molecule has 1 saturated heterocycles. The summed E-state index contributed by atoms with van der Waals surface area (Å²) in [5.41, 5.74) is -2.91. The molecule has 0 aromatic carbocycles. The zero-order valence-electron chi connectivity index (χ0n) is 23.6. The second-order valence-corrected chi connectivity index (χ2v) is 17.5. The number of nitrogens with zero attached hydrogens (tertiary/aromatic N) is 5. The molecule has 3 rings (SSSR count). The molecule has 0 bridgehead atoms. The maximum atomic E-state index is 13.3. The second-order valence-electron chi connectivity index (χ2n) is 11.7. The number of oxime groups is 1. The standard InChI is InChI=1S/C23H34N8O7SSi/c1-22(2,3)37-21(36)27-20-25-13(11-39-20)16(29-38-23(4,5)19(34)35)18(33)26-15-12(24-17(15)32)9-31-10-14(28-30-31)40(6,7)8/h10-12,15H,9H2,1-8H3,(H,24,32)(H,26,33)(H,34,35)(H,25,27,36)/t12-,15-/m0/s1. The number of carbonyl (C=O) groups excluding carboxylic acids is 3. The molecule has 0 saturated carbocycles. The molecule has 2 atom stereocenters. The van der Waals surface area contributed by atoms with E-state index in [1.54, 1.807) is 25.5 Å². The van der Waals surface area contributed by atoms with Crippen LogP contribution >= 0.6 is 11.3 Å². The SMILES string of the molecule is CC(C)(C)OC(=O)Nc1nc(C(=NOC(C)(C)C(=O)O)C(=O)N[C@@H]2C(=O)N[C@H]2Cn2cc([Si](C)(C)C)nn2)cs1. The molecule has 15 nitrogen and oxygen atoms in total.